The van der Waals surface area contributed by atoms with Crippen molar-refractivity contribution in [3.8, 4) is 5.82 Å². The van der Waals surface area contributed by atoms with Crippen molar-refractivity contribution in [3.63, 3.8) is 0 Å². The molecule has 156 valence electrons. The van der Waals surface area contributed by atoms with Gasteiger partial charge in [-0.25, -0.2) is 10.1 Å². The van der Waals surface area contributed by atoms with Gasteiger partial charge >= 0.3 is 0 Å². The van der Waals surface area contributed by atoms with Gasteiger partial charge in [-0.15, -0.1) is 5.10 Å². The maximum atomic E-state index is 12.7. The van der Waals surface area contributed by atoms with Crippen LogP contribution in [0.15, 0.2) is 38.5 Å². The molecule has 2 aromatic heterocycles. The number of nitrogens with zero attached hydrogens (tertiary/aromatic N) is 7. The molecule has 1 aliphatic heterocycles. The fourth-order valence-corrected chi connectivity index (χ4v) is 3.32. The maximum absolute atomic E-state index is 12.7. The monoisotopic (exact) mass is 475 g/mol. The number of anilines is 1. The summed E-state index contributed by atoms with van der Waals surface area (Å²) in [4.78, 5) is 14.9. The SMILES string of the molecule is Nc1nonc1-n1nnc(C(=O)N/N=C\c2cccc(Br)c2)c1CN1CCOCC1. The van der Waals surface area contributed by atoms with E-state index in [1.54, 1.807) is 0 Å². The largest absolute Gasteiger partial charge is 0.379 e. The Labute approximate surface area is 179 Å². The zero-order valence-electron chi connectivity index (χ0n) is 15.7. The van der Waals surface area contributed by atoms with Gasteiger partial charge in [-0.2, -0.15) is 9.78 Å². The first-order valence-corrected chi connectivity index (χ1v) is 9.83. The zero-order chi connectivity index (χ0) is 20.9. The minimum absolute atomic E-state index is 0.0442. The number of amides is 1. The van der Waals surface area contributed by atoms with Gasteiger partial charge in [0.15, 0.2) is 5.69 Å². The third-order valence-electron chi connectivity index (χ3n) is 4.38. The molecule has 13 heteroatoms. The number of rotatable bonds is 6. The number of ether oxygens (including phenoxy) is 1. The molecule has 3 N–H and O–H groups in total. The first-order chi connectivity index (χ1) is 14.6. The molecule has 30 heavy (non-hydrogen) atoms. The van der Waals surface area contributed by atoms with E-state index in [0.29, 0.717) is 38.5 Å². The summed E-state index contributed by atoms with van der Waals surface area (Å²) in [5.41, 5.74) is 9.71. The van der Waals surface area contributed by atoms with Crippen LogP contribution in [0.5, 0.6) is 0 Å². The molecule has 0 bridgehead atoms. The molecular formula is C17H18BrN9O3. The van der Waals surface area contributed by atoms with Crippen molar-refractivity contribution in [2.75, 3.05) is 32.0 Å². The van der Waals surface area contributed by atoms with Crippen molar-refractivity contribution in [2.24, 2.45) is 5.10 Å². The van der Waals surface area contributed by atoms with Crippen LogP contribution >= 0.6 is 15.9 Å². The van der Waals surface area contributed by atoms with E-state index in [9.17, 15) is 4.79 Å². The van der Waals surface area contributed by atoms with Gasteiger partial charge in [0.1, 0.15) is 0 Å². The van der Waals surface area contributed by atoms with Crippen molar-refractivity contribution in [1.29, 1.82) is 0 Å². The molecule has 1 saturated heterocycles. The van der Waals surface area contributed by atoms with E-state index in [4.69, 9.17) is 10.5 Å². The van der Waals surface area contributed by atoms with E-state index >= 15 is 0 Å². The first-order valence-electron chi connectivity index (χ1n) is 9.04. The molecule has 0 aliphatic carbocycles. The highest BCUT2D eigenvalue weighted by molar-refractivity contribution is 9.10. The number of carbonyl (C=O) groups is 1. The predicted octanol–water partition coefficient (Wildman–Crippen LogP) is 0.591. The molecule has 0 radical (unpaired) electrons. The zero-order valence-corrected chi connectivity index (χ0v) is 17.3. The second kappa shape index (κ2) is 9.11. The lowest BCUT2D eigenvalue weighted by atomic mass is 10.2. The van der Waals surface area contributed by atoms with Gasteiger partial charge in [-0.05, 0) is 28.0 Å². The van der Waals surface area contributed by atoms with Crippen LogP contribution in [0.1, 0.15) is 21.7 Å². The minimum atomic E-state index is -0.509. The normalized spacial score (nSPS) is 15.0. The van der Waals surface area contributed by atoms with E-state index in [1.165, 1.54) is 10.9 Å². The Kier molecular flexibility index (Phi) is 6.11. The van der Waals surface area contributed by atoms with Crippen LogP contribution in [0.4, 0.5) is 5.82 Å². The molecule has 0 spiro atoms. The molecule has 1 aliphatic rings. The van der Waals surface area contributed by atoms with Gasteiger partial charge in [0.25, 0.3) is 5.91 Å². The molecule has 1 amide bonds. The number of hydrazone groups is 1. The minimum Gasteiger partial charge on any atom is -0.379 e. The van der Waals surface area contributed by atoms with Gasteiger partial charge in [0, 0.05) is 24.1 Å². The summed E-state index contributed by atoms with van der Waals surface area (Å²) in [7, 11) is 0. The fraction of sp³-hybridized carbons (Fsp3) is 0.294. The highest BCUT2D eigenvalue weighted by Gasteiger charge is 2.26. The molecule has 4 rings (SSSR count). The highest BCUT2D eigenvalue weighted by atomic mass is 79.9. The van der Waals surface area contributed by atoms with Gasteiger partial charge in [0.05, 0.1) is 25.1 Å². The summed E-state index contributed by atoms with van der Waals surface area (Å²) in [6.07, 6.45) is 1.54. The van der Waals surface area contributed by atoms with E-state index in [1.807, 2.05) is 24.3 Å². The quantitative estimate of drug-likeness (QED) is 0.385. The number of morpholine rings is 1. The summed E-state index contributed by atoms with van der Waals surface area (Å²) in [6, 6.07) is 7.50. The fourth-order valence-electron chi connectivity index (χ4n) is 2.90. The predicted molar refractivity (Wildman–Crippen MR) is 109 cm³/mol. The van der Waals surface area contributed by atoms with Crippen molar-refractivity contribution >= 4 is 33.9 Å². The first kappa shape index (κ1) is 20.1. The Hall–Kier alpha value is -3.16. The molecule has 3 heterocycles. The smallest absolute Gasteiger partial charge is 0.293 e. The summed E-state index contributed by atoms with van der Waals surface area (Å²) in [5, 5.41) is 19.4. The number of halogens is 1. The number of nitrogen functional groups attached to an aromatic ring is 1. The molecule has 0 atom stereocenters. The van der Waals surface area contributed by atoms with Crippen LogP contribution in [0, 0.1) is 0 Å². The molecule has 0 saturated carbocycles. The number of nitrogens with two attached hydrogens (primary N) is 1. The van der Waals surface area contributed by atoms with E-state index in [2.05, 4.69) is 56.6 Å². The molecule has 0 unspecified atom stereocenters. The number of aromatic nitrogens is 5. The number of hydrogen-bond donors (Lipinski definition) is 2. The third kappa shape index (κ3) is 4.53. The molecule has 1 aromatic carbocycles. The second-order valence-corrected chi connectivity index (χ2v) is 7.33. The average Bonchev–Trinajstić information content (AvgIpc) is 3.34. The van der Waals surface area contributed by atoms with Gasteiger partial charge in [-0.1, -0.05) is 33.3 Å². The molecule has 3 aromatic rings. The highest BCUT2D eigenvalue weighted by Crippen LogP contribution is 2.18. The van der Waals surface area contributed by atoms with Crippen LogP contribution in [0.2, 0.25) is 0 Å². The van der Waals surface area contributed by atoms with Crippen molar-refractivity contribution in [3.05, 3.63) is 45.7 Å². The average molecular weight is 476 g/mol. The van der Waals surface area contributed by atoms with Crippen molar-refractivity contribution in [2.45, 2.75) is 6.54 Å². The van der Waals surface area contributed by atoms with Crippen molar-refractivity contribution < 1.29 is 14.2 Å². The Morgan fingerprint density at radius 2 is 2.17 bits per heavy atom. The lowest BCUT2D eigenvalue weighted by molar-refractivity contribution is 0.0332. The van der Waals surface area contributed by atoms with Gasteiger partial charge in [-0.3, -0.25) is 9.69 Å². The summed E-state index contributed by atoms with van der Waals surface area (Å²) in [6.45, 7) is 3.02. The number of hydrogen-bond acceptors (Lipinski definition) is 10. The Morgan fingerprint density at radius 1 is 1.33 bits per heavy atom. The van der Waals surface area contributed by atoms with E-state index in [-0.39, 0.29) is 17.3 Å². The van der Waals surface area contributed by atoms with Crippen molar-refractivity contribution in [1.82, 2.24) is 35.6 Å². The van der Waals surface area contributed by atoms with Crippen LogP contribution in [-0.4, -0.2) is 68.6 Å². The molecule has 12 nitrogen and oxygen atoms in total. The summed E-state index contributed by atoms with van der Waals surface area (Å²) in [5.74, 6) is -0.295. The van der Waals surface area contributed by atoms with Crippen LogP contribution in [0.3, 0.4) is 0 Å². The van der Waals surface area contributed by atoms with E-state index in [0.717, 1.165) is 10.0 Å². The van der Waals surface area contributed by atoms with Crippen LogP contribution in [-0.2, 0) is 11.3 Å². The topological polar surface area (TPSA) is 150 Å². The van der Waals surface area contributed by atoms with E-state index < -0.39 is 5.91 Å². The lowest BCUT2D eigenvalue weighted by Crippen LogP contribution is -2.37. The Morgan fingerprint density at radius 3 is 2.90 bits per heavy atom. The van der Waals surface area contributed by atoms with Crippen LogP contribution < -0.4 is 11.2 Å². The number of nitrogens with one attached hydrogen (secondary N) is 1. The standard InChI is InChI=1S/C17H18BrN9O3/c18-12-3-1-2-11(8-12)9-20-22-17(28)14-13(10-26-4-6-29-7-5-26)27(25-21-14)16-15(19)23-30-24-16/h1-3,8-9H,4-7,10H2,(H2,19,23)(H,22,28)/b20-9-. The second-order valence-electron chi connectivity index (χ2n) is 6.41. The molecular weight excluding hydrogens is 458 g/mol. The van der Waals surface area contributed by atoms with Crippen LogP contribution in [0.25, 0.3) is 5.82 Å². The Bertz CT molecular complexity index is 1060. The lowest BCUT2D eigenvalue weighted by Gasteiger charge is -2.26. The number of benzene rings is 1. The third-order valence-corrected chi connectivity index (χ3v) is 4.87. The van der Waals surface area contributed by atoms with Gasteiger partial charge < -0.3 is 10.5 Å². The maximum Gasteiger partial charge on any atom is 0.293 e. The van der Waals surface area contributed by atoms with Gasteiger partial charge in [0.2, 0.25) is 11.6 Å². The number of carbonyl (C=O) groups excluding carboxylic acids is 1. The summed E-state index contributed by atoms with van der Waals surface area (Å²) < 4.78 is 12.3. The molecule has 1 fully saturated rings. The Balaban J connectivity index is 1.57. The summed E-state index contributed by atoms with van der Waals surface area (Å²) >= 11 is 3.39.